The van der Waals surface area contributed by atoms with Crippen molar-refractivity contribution in [3.8, 4) is 5.69 Å². The summed E-state index contributed by atoms with van der Waals surface area (Å²) in [6, 6.07) is 9.90. The average molecular weight is 339 g/mol. The fraction of sp³-hybridized carbons (Fsp3) is 0.118. The molecule has 0 spiro atoms. The van der Waals surface area contributed by atoms with Gasteiger partial charge in [0.2, 0.25) is 5.91 Å². The molecule has 0 bridgehead atoms. The Hall–Kier alpha value is -3.42. The van der Waals surface area contributed by atoms with Crippen LogP contribution in [0, 0.1) is 5.82 Å². The van der Waals surface area contributed by atoms with Crippen LogP contribution in [0.4, 0.5) is 10.2 Å². The maximum Gasteiger partial charge on any atom is 0.267 e. The zero-order valence-electron chi connectivity index (χ0n) is 13.0. The van der Waals surface area contributed by atoms with Crippen molar-refractivity contribution in [3.63, 3.8) is 0 Å². The van der Waals surface area contributed by atoms with E-state index in [1.54, 1.807) is 41.1 Å². The number of anilines is 1. The molecule has 0 saturated heterocycles. The van der Waals surface area contributed by atoms with E-state index in [0.717, 1.165) is 0 Å². The number of amides is 2. The summed E-state index contributed by atoms with van der Waals surface area (Å²) >= 11 is 0. The van der Waals surface area contributed by atoms with Gasteiger partial charge in [0.25, 0.3) is 5.91 Å². The van der Waals surface area contributed by atoms with Gasteiger partial charge in [0.1, 0.15) is 11.5 Å². The number of aromatic amines is 1. The van der Waals surface area contributed by atoms with Gasteiger partial charge in [-0.15, -0.1) is 0 Å². The number of H-pyrrole nitrogens is 1. The van der Waals surface area contributed by atoms with E-state index in [1.165, 1.54) is 6.07 Å². The topological polar surface area (TPSA) is 106 Å². The van der Waals surface area contributed by atoms with Crippen molar-refractivity contribution in [3.05, 3.63) is 65.4 Å². The third-order valence-electron chi connectivity index (χ3n) is 4.30. The molecule has 0 fully saturated rings. The van der Waals surface area contributed by atoms with Crippen molar-refractivity contribution in [2.45, 2.75) is 12.3 Å². The highest BCUT2D eigenvalue weighted by molar-refractivity contribution is 6.00. The number of carbonyl (C=O) groups excluding carboxylic acids is 2. The summed E-state index contributed by atoms with van der Waals surface area (Å²) < 4.78 is 15.9. The molecule has 2 amide bonds. The molecule has 25 heavy (non-hydrogen) atoms. The van der Waals surface area contributed by atoms with Gasteiger partial charge in [0.15, 0.2) is 5.82 Å². The van der Waals surface area contributed by atoms with Crippen LogP contribution in [0.5, 0.6) is 0 Å². The van der Waals surface area contributed by atoms with E-state index < -0.39 is 11.8 Å². The zero-order valence-corrected chi connectivity index (χ0v) is 13.0. The van der Waals surface area contributed by atoms with Crippen molar-refractivity contribution < 1.29 is 14.0 Å². The Bertz CT molecular complexity index is 991. The molecule has 1 aliphatic heterocycles. The van der Waals surface area contributed by atoms with Crippen molar-refractivity contribution in [1.82, 2.24) is 14.8 Å². The average Bonchev–Trinajstić information content (AvgIpc) is 3.21. The van der Waals surface area contributed by atoms with Crippen molar-refractivity contribution in [2.24, 2.45) is 5.73 Å². The van der Waals surface area contributed by atoms with Gasteiger partial charge in [-0.3, -0.25) is 14.7 Å². The number of hydrogen-bond acceptors (Lipinski definition) is 3. The lowest BCUT2D eigenvalue weighted by atomic mass is 9.88. The number of nitrogens with one attached hydrogen (secondary N) is 2. The molecule has 4 rings (SSSR count). The van der Waals surface area contributed by atoms with E-state index in [1.807, 2.05) is 0 Å². The van der Waals surface area contributed by atoms with E-state index >= 15 is 0 Å². The van der Waals surface area contributed by atoms with Gasteiger partial charge in [-0.25, -0.2) is 4.39 Å². The number of fused-ring (bicyclic) bond motifs is 1. The van der Waals surface area contributed by atoms with E-state index in [0.29, 0.717) is 16.9 Å². The highest BCUT2D eigenvalue weighted by atomic mass is 19.1. The van der Waals surface area contributed by atoms with Gasteiger partial charge in [-0.2, -0.15) is 5.10 Å². The summed E-state index contributed by atoms with van der Waals surface area (Å²) in [5, 5.41) is 9.17. The Balaban J connectivity index is 1.89. The summed E-state index contributed by atoms with van der Waals surface area (Å²) in [5.74, 6) is -1.49. The summed E-state index contributed by atoms with van der Waals surface area (Å²) in [6.07, 6.45) is 1.81. The maximum absolute atomic E-state index is 14.2. The molecule has 3 aromatic rings. The van der Waals surface area contributed by atoms with E-state index in [-0.39, 0.29) is 29.7 Å². The molecule has 2 aromatic heterocycles. The lowest BCUT2D eigenvalue weighted by molar-refractivity contribution is -0.116. The Labute approximate surface area is 141 Å². The molecule has 4 N–H and O–H groups in total. The number of hydrogen-bond donors (Lipinski definition) is 3. The van der Waals surface area contributed by atoms with Crippen LogP contribution in [0.2, 0.25) is 0 Å². The minimum absolute atomic E-state index is 0.102. The monoisotopic (exact) mass is 339 g/mol. The molecule has 1 aromatic carbocycles. The van der Waals surface area contributed by atoms with Crippen LogP contribution < -0.4 is 11.1 Å². The standard InChI is InChI=1S/C17H14FN5O2/c18-10-4-1-2-5-12(10)23-7-3-6-11(23)9-8-13(24)20-17-14(9)15(16(19)25)21-22-17/h1-7,9H,8H2,(H2,19,25)(H2,20,21,22,24). The van der Waals surface area contributed by atoms with E-state index in [4.69, 9.17) is 5.73 Å². The number of primary amides is 1. The number of aromatic nitrogens is 3. The quantitative estimate of drug-likeness (QED) is 0.678. The normalized spacial score (nSPS) is 16.4. The molecule has 0 aliphatic carbocycles. The number of rotatable bonds is 3. The molecule has 1 atom stereocenters. The summed E-state index contributed by atoms with van der Waals surface area (Å²) in [5.41, 5.74) is 7.10. The first-order chi connectivity index (χ1) is 12.1. The predicted molar refractivity (Wildman–Crippen MR) is 87.9 cm³/mol. The van der Waals surface area contributed by atoms with Crippen LogP contribution in [-0.2, 0) is 4.79 Å². The van der Waals surface area contributed by atoms with Crippen molar-refractivity contribution in [2.75, 3.05) is 5.32 Å². The second kappa shape index (κ2) is 5.59. The van der Waals surface area contributed by atoms with Gasteiger partial charge in [-0.1, -0.05) is 12.1 Å². The zero-order chi connectivity index (χ0) is 17.6. The highest BCUT2D eigenvalue weighted by Crippen LogP contribution is 2.39. The molecule has 0 radical (unpaired) electrons. The number of nitrogens with two attached hydrogens (primary N) is 1. The van der Waals surface area contributed by atoms with Gasteiger partial charge in [-0.05, 0) is 24.3 Å². The van der Waals surface area contributed by atoms with Gasteiger partial charge >= 0.3 is 0 Å². The molecule has 7 nitrogen and oxygen atoms in total. The molecule has 3 heterocycles. The van der Waals surface area contributed by atoms with Crippen molar-refractivity contribution in [1.29, 1.82) is 0 Å². The molecule has 1 unspecified atom stereocenters. The molecular formula is C17H14FN5O2. The lowest BCUT2D eigenvalue weighted by Crippen LogP contribution is -2.26. The summed E-state index contributed by atoms with van der Waals surface area (Å²) in [4.78, 5) is 23.8. The third kappa shape index (κ3) is 2.38. The van der Waals surface area contributed by atoms with E-state index in [2.05, 4.69) is 15.5 Å². The summed E-state index contributed by atoms with van der Waals surface area (Å²) in [6.45, 7) is 0. The minimum atomic E-state index is -0.668. The lowest BCUT2D eigenvalue weighted by Gasteiger charge is -2.24. The van der Waals surface area contributed by atoms with Crippen LogP contribution in [0.3, 0.4) is 0 Å². The largest absolute Gasteiger partial charge is 0.364 e. The van der Waals surface area contributed by atoms with Crippen LogP contribution in [-0.4, -0.2) is 26.6 Å². The van der Waals surface area contributed by atoms with Gasteiger partial charge in [0.05, 0.1) is 5.69 Å². The molecule has 1 aliphatic rings. The summed E-state index contributed by atoms with van der Waals surface area (Å²) in [7, 11) is 0. The number of halogens is 1. The third-order valence-corrected chi connectivity index (χ3v) is 4.30. The first kappa shape index (κ1) is 15.1. The Morgan fingerprint density at radius 3 is 2.84 bits per heavy atom. The fourth-order valence-corrected chi connectivity index (χ4v) is 3.24. The maximum atomic E-state index is 14.2. The molecule has 126 valence electrons. The predicted octanol–water partition coefficient (Wildman–Crippen LogP) is 1.91. The first-order valence-electron chi connectivity index (χ1n) is 7.66. The van der Waals surface area contributed by atoms with Crippen LogP contribution >= 0.6 is 0 Å². The Morgan fingerprint density at radius 2 is 2.08 bits per heavy atom. The Morgan fingerprint density at radius 1 is 1.28 bits per heavy atom. The highest BCUT2D eigenvalue weighted by Gasteiger charge is 2.34. The number of benzene rings is 1. The van der Waals surface area contributed by atoms with Crippen LogP contribution in [0.25, 0.3) is 5.69 Å². The van der Waals surface area contributed by atoms with Crippen LogP contribution in [0.15, 0.2) is 42.6 Å². The van der Waals surface area contributed by atoms with Gasteiger partial charge in [0, 0.05) is 29.8 Å². The fourth-order valence-electron chi connectivity index (χ4n) is 3.24. The number of carbonyl (C=O) groups is 2. The molecule has 8 heteroatoms. The second-order valence-electron chi connectivity index (χ2n) is 5.78. The number of nitrogens with zero attached hydrogens (tertiary/aromatic N) is 2. The second-order valence-corrected chi connectivity index (χ2v) is 5.78. The Kier molecular flexibility index (Phi) is 3.38. The SMILES string of the molecule is NC(=O)c1[nH]nc2c1C(c1cccn1-c1ccccc1F)CC(=O)N2. The van der Waals surface area contributed by atoms with Crippen molar-refractivity contribution >= 4 is 17.6 Å². The minimum Gasteiger partial charge on any atom is -0.364 e. The van der Waals surface area contributed by atoms with Crippen LogP contribution in [0.1, 0.15) is 34.1 Å². The molecule has 0 saturated carbocycles. The van der Waals surface area contributed by atoms with Gasteiger partial charge < -0.3 is 15.6 Å². The van der Waals surface area contributed by atoms with E-state index in [9.17, 15) is 14.0 Å². The smallest absolute Gasteiger partial charge is 0.267 e. The number of para-hydroxylation sites is 1. The molecular weight excluding hydrogens is 325 g/mol. The first-order valence-corrected chi connectivity index (χ1v) is 7.66.